The molecule has 1 aliphatic carbocycles. The fraction of sp³-hybridized carbons (Fsp3) is 0.421. The molecule has 1 saturated heterocycles. The number of carbonyl (C=O) groups is 1. The number of piperidine rings is 1. The average Bonchev–Trinajstić information content (AvgIpc) is 2.94. The van der Waals surface area contributed by atoms with E-state index in [1.807, 2.05) is 17.2 Å². The van der Waals surface area contributed by atoms with E-state index in [4.69, 9.17) is 5.73 Å². The molecule has 1 aromatic carbocycles. The molecule has 25 heavy (non-hydrogen) atoms. The number of phenolic OH excluding ortho intramolecular Hbond substituents is 1. The Hall–Kier alpha value is -2.63. The molecule has 1 spiro atoms. The summed E-state index contributed by atoms with van der Waals surface area (Å²) in [6.45, 7) is 1.42. The second-order valence-corrected chi connectivity index (χ2v) is 7.11. The molecule has 1 aliphatic heterocycles. The van der Waals surface area contributed by atoms with Crippen molar-refractivity contribution in [2.75, 3.05) is 18.8 Å². The lowest BCUT2D eigenvalue weighted by molar-refractivity contribution is -0.132. The van der Waals surface area contributed by atoms with Crippen molar-refractivity contribution >= 4 is 11.9 Å². The minimum Gasteiger partial charge on any atom is -0.508 e. The first-order valence-electron chi connectivity index (χ1n) is 8.74. The van der Waals surface area contributed by atoms with E-state index in [-0.39, 0.29) is 23.5 Å². The van der Waals surface area contributed by atoms with Gasteiger partial charge < -0.3 is 15.7 Å². The maximum absolute atomic E-state index is 12.8. The number of hydrogen-bond acceptors (Lipinski definition) is 5. The van der Waals surface area contributed by atoms with Crippen LogP contribution in [-0.4, -0.2) is 39.0 Å². The average molecular weight is 338 g/mol. The van der Waals surface area contributed by atoms with Crippen LogP contribution in [-0.2, 0) is 23.1 Å². The van der Waals surface area contributed by atoms with Crippen molar-refractivity contribution in [1.29, 1.82) is 0 Å². The molecule has 1 amide bonds. The highest BCUT2D eigenvalue weighted by Gasteiger charge is 2.44. The third-order valence-electron chi connectivity index (χ3n) is 5.52. The van der Waals surface area contributed by atoms with Crippen LogP contribution in [0.25, 0.3) is 0 Å². The Morgan fingerprint density at radius 1 is 1.32 bits per heavy atom. The number of fused-ring (bicyclic) bond motifs is 2. The number of hydrogen-bond donors (Lipinski definition) is 2. The van der Waals surface area contributed by atoms with Gasteiger partial charge in [0.1, 0.15) is 5.75 Å². The van der Waals surface area contributed by atoms with Gasteiger partial charge in [-0.15, -0.1) is 0 Å². The Kier molecular flexibility index (Phi) is 3.82. The molecule has 1 atom stereocenters. The van der Waals surface area contributed by atoms with Crippen LogP contribution in [0.5, 0.6) is 5.75 Å². The Morgan fingerprint density at radius 2 is 2.16 bits per heavy atom. The van der Waals surface area contributed by atoms with Crippen molar-refractivity contribution in [2.24, 2.45) is 0 Å². The molecule has 6 nitrogen and oxygen atoms in total. The van der Waals surface area contributed by atoms with Gasteiger partial charge in [-0.2, -0.15) is 0 Å². The number of amides is 1. The third-order valence-corrected chi connectivity index (χ3v) is 5.52. The molecule has 1 aromatic heterocycles. The molecule has 0 saturated carbocycles. The summed E-state index contributed by atoms with van der Waals surface area (Å²) in [7, 11) is 0. The number of aryl methyl sites for hydroxylation is 1. The van der Waals surface area contributed by atoms with E-state index >= 15 is 0 Å². The largest absolute Gasteiger partial charge is 0.508 e. The van der Waals surface area contributed by atoms with Gasteiger partial charge in [-0.3, -0.25) is 4.79 Å². The number of para-hydroxylation sites is 1. The van der Waals surface area contributed by atoms with E-state index in [0.717, 1.165) is 43.5 Å². The molecule has 6 heteroatoms. The lowest BCUT2D eigenvalue weighted by atomic mass is 9.77. The molecule has 1 fully saturated rings. The topological polar surface area (TPSA) is 92.3 Å². The van der Waals surface area contributed by atoms with Crippen LogP contribution >= 0.6 is 0 Å². The van der Waals surface area contributed by atoms with Crippen LogP contribution in [0.3, 0.4) is 0 Å². The summed E-state index contributed by atoms with van der Waals surface area (Å²) in [4.78, 5) is 23.3. The zero-order valence-electron chi connectivity index (χ0n) is 14.1. The molecule has 2 heterocycles. The van der Waals surface area contributed by atoms with Crippen molar-refractivity contribution in [2.45, 2.75) is 37.5 Å². The highest BCUT2D eigenvalue weighted by Crippen LogP contribution is 2.44. The van der Waals surface area contributed by atoms with Crippen LogP contribution in [0.1, 0.15) is 36.1 Å². The predicted octanol–water partition coefficient (Wildman–Crippen LogP) is 1.81. The first-order chi connectivity index (χ1) is 12.1. The fourth-order valence-corrected chi connectivity index (χ4v) is 4.23. The monoisotopic (exact) mass is 338 g/mol. The summed E-state index contributed by atoms with van der Waals surface area (Å²) in [6.07, 6.45) is 5.96. The highest BCUT2D eigenvalue weighted by molar-refractivity contribution is 5.79. The molecule has 2 aliphatic rings. The molecule has 1 unspecified atom stereocenters. The van der Waals surface area contributed by atoms with Gasteiger partial charge in [0.25, 0.3) is 0 Å². The summed E-state index contributed by atoms with van der Waals surface area (Å²) in [5.41, 5.74) is 8.56. The number of nitrogen functional groups attached to an aromatic ring is 1. The summed E-state index contributed by atoms with van der Waals surface area (Å²) >= 11 is 0. The number of nitrogens with zero attached hydrogens (tertiary/aromatic N) is 3. The number of aromatic nitrogens is 2. The first kappa shape index (κ1) is 15.9. The molecule has 130 valence electrons. The van der Waals surface area contributed by atoms with Crippen molar-refractivity contribution in [1.82, 2.24) is 14.9 Å². The molecule has 4 rings (SSSR count). The van der Waals surface area contributed by atoms with E-state index in [9.17, 15) is 9.90 Å². The molecular formula is C19H22N4O2. The molecular weight excluding hydrogens is 316 g/mol. The van der Waals surface area contributed by atoms with E-state index in [1.165, 1.54) is 0 Å². The number of anilines is 1. The standard InChI is InChI=1S/C19H22N4O2/c20-18-21-11-14-6-8-19(17(14)22-18)7-3-9-23(12-19)16(25)10-13-4-1-2-5-15(13)24/h1-2,4-5,11,24H,3,6-10,12H2,(H2,20,21,22). The van der Waals surface area contributed by atoms with Gasteiger partial charge in [0.15, 0.2) is 0 Å². The van der Waals surface area contributed by atoms with Crippen LogP contribution in [0.2, 0.25) is 0 Å². The molecule has 0 bridgehead atoms. The second kappa shape index (κ2) is 6.02. The summed E-state index contributed by atoms with van der Waals surface area (Å²) < 4.78 is 0. The number of likely N-dealkylation sites (tertiary alicyclic amines) is 1. The zero-order chi connectivity index (χ0) is 17.4. The number of aromatic hydroxyl groups is 1. The zero-order valence-corrected chi connectivity index (χ0v) is 14.1. The maximum atomic E-state index is 12.8. The molecule has 2 aromatic rings. The Labute approximate surface area is 146 Å². The minimum absolute atomic E-state index is 0.0519. The van der Waals surface area contributed by atoms with E-state index in [1.54, 1.807) is 18.2 Å². The second-order valence-electron chi connectivity index (χ2n) is 7.11. The smallest absolute Gasteiger partial charge is 0.227 e. The highest BCUT2D eigenvalue weighted by atomic mass is 16.3. The van der Waals surface area contributed by atoms with Gasteiger partial charge in [0, 0.05) is 30.3 Å². The lowest BCUT2D eigenvalue weighted by Crippen LogP contribution is -2.48. The predicted molar refractivity (Wildman–Crippen MR) is 94.1 cm³/mol. The quantitative estimate of drug-likeness (QED) is 0.871. The van der Waals surface area contributed by atoms with Gasteiger partial charge in [0.05, 0.1) is 12.1 Å². The Balaban J connectivity index is 1.55. The van der Waals surface area contributed by atoms with Gasteiger partial charge in [-0.1, -0.05) is 18.2 Å². The van der Waals surface area contributed by atoms with Crippen LogP contribution in [0.4, 0.5) is 5.95 Å². The number of carbonyl (C=O) groups excluding carboxylic acids is 1. The van der Waals surface area contributed by atoms with Crippen LogP contribution in [0.15, 0.2) is 30.5 Å². The van der Waals surface area contributed by atoms with Crippen molar-refractivity contribution in [3.63, 3.8) is 0 Å². The van der Waals surface area contributed by atoms with E-state index in [2.05, 4.69) is 9.97 Å². The fourth-order valence-electron chi connectivity index (χ4n) is 4.23. The number of phenols is 1. The van der Waals surface area contributed by atoms with Gasteiger partial charge in [0.2, 0.25) is 11.9 Å². The molecule has 3 N–H and O–H groups in total. The first-order valence-corrected chi connectivity index (χ1v) is 8.74. The normalized spacial score (nSPS) is 22.2. The van der Waals surface area contributed by atoms with Gasteiger partial charge >= 0.3 is 0 Å². The SMILES string of the molecule is Nc1ncc2c(n1)C1(CCCN(C(=O)Cc3ccccc3O)C1)CC2. The van der Waals surface area contributed by atoms with Crippen molar-refractivity contribution in [3.05, 3.63) is 47.3 Å². The van der Waals surface area contributed by atoms with Crippen LogP contribution in [0, 0.1) is 0 Å². The van der Waals surface area contributed by atoms with E-state index < -0.39 is 0 Å². The summed E-state index contributed by atoms with van der Waals surface area (Å²) in [5, 5.41) is 9.92. The van der Waals surface area contributed by atoms with Gasteiger partial charge in [-0.25, -0.2) is 9.97 Å². The Bertz CT molecular complexity index is 819. The van der Waals surface area contributed by atoms with Crippen LogP contribution < -0.4 is 5.73 Å². The number of benzene rings is 1. The summed E-state index contributed by atoms with van der Waals surface area (Å²) in [6, 6.07) is 7.02. The number of nitrogens with two attached hydrogens (primary N) is 1. The lowest BCUT2D eigenvalue weighted by Gasteiger charge is -2.40. The van der Waals surface area contributed by atoms with Crippen molar-refractivity contribution < 1.29 is 9.90 Å². The summed E-state index contributed by atoms with van der Waals surface area (Å²) in [5.74, 6) is 0.531. The van der Waals surface area contributed by atoms with Crippen molar-refractivity contribution in [3.8, 4) is 5.75 Å². The minimum atomic E-state index is -0.0982. The van der Waals surface area contributed by atoms with Gasteiger partial charge in [-0.05, 0) is 37.3 Å². The number of rotatable bonds is 2. The maximum Gasteiger partial charge on any atom is 0.227 e. The van der Waals surface area contributed by atoms with E-state index in [0.29, 0.717) is 18.1 Å². The Morgan fingerprint density at radius 3 is 3.00 bits per heavy atom. The molecule has 0 radical (unpaired) electrons. The third kappa shape index (κ3) is 2.81.